The lowest BCUT2D eigenvalue weighted by Gasteiger charge is -2.18. The molecular formula is C18H15N3OS. The molecule has 1 aliphatic rings. The maximum atomic E-state index is 12.5. The molecule has 4 nitrogen and oxygen atoms in total. The number of urea groups is 1. The Morgan fingerprint density at radius 2 is 2.17 bits per heavy atom. The first-order chi connectivity index (χ1) is 11.3. The number of nitrogens with one attached hydrogen (secondary N) is 1. The van der Waals surface area contributed by atoms with Crippen molar-refractivity contribution in [2.45, 2.75) is 6.42 Å². The lowest BCUT2D eigenvalue weighted by Crippen LogP contribution is -2.33. The number of fused-ring (bicyclic) bond motifs is 1. The predicted octanol–water partition coefficient (Wildman–Crippen LogP) is 4.40. The van der Waals surface area contributed by atoms with Gasteiger partial charge in [0.05, 0.1) is 11.9 Å². The maximum Gasteiger partial charge on any atom is 0.326 e. The summed E-state index contributed by atoms with van der Waals surface area (Å²) in [5, 5.41) is 7.12. The van der Waals surface area contributed by atoms with E-state index in [0.29, 0.717) is 12.2 Å². The molecule has 0 saturated heterocycles. The molecule has 0 aliphatic carbocycles. The van der Waals surface area contributed by atoms with Gasteiger partial charge in [-0.25, -0.2) is 4.79 Å². The maximum absolute atomic E-state index is 12.5. The summed E-state index contributed by atoms with van der Waals surface area (Å²) in [6.07, 6.45) is 4.22. The zero-order chi connectivity index (χ0) is 15.6. The summed E-state index contributed by atoms with van der Waals surface area (Å²) in [6, 6.07) is 12.0. The van der Waals surface area contributed by atoms with Crippen LogP contribution in [0.15, 0.2) is 59.6 Å². The number of hydrogen-bond donors (Lipinski definition) is 1. The molecular weight excluding hydrogens is 306 g/mol. The number of hydrogen-bond acceptors (Lipinski definition) is 3. The van der Waals surface area contributed by atoms with Gasteiger partial charge in [0.25, 0.3) is 0 Å². The van der Waals surface area contributed by atoms with Crippen molar-refractivity contribution in [1.82, 2.24) is 4.98 Å². The zero-order valence-corrected chi connectivity index (χ0v) is 13.2. The van der Waals surface area contributed by atoms with E-state index in [2.05, 4.69) is 39.3 Å². The molecule has 5 heteroatoms. The molecule has 114 valence electrons. The van der Waals surface area contributed by atoms with Crippen molar-refractivity contribution in [3.8, 4) is 11.1 Å². The molecule has 0 atom stereocenters. The van der Waals surface area contributed by atoms with Crippen LogP contribution in [-0.2, 0) is 6.42 Å². The number of anilines is 2. The molecule has 23 heavy (non-hydrogen) atoms. The van der Waals surface area contributed by atoms with Crippen molar-refractivity contribution in [2.24, 2.45) is 0 Å². The number of benzene rings is 1. The van der Waals surface area contributed by atoms with Gasteiger partial charge in [-0.05, 0) is 64.2 Å². The van der Waals surface area contributed by atoms with Crippen molar-refractivity contribution in [1.29, 1.82) is 0 Å². The Morgan fingerprint density at radius 3 is 2.96 bits per heavy atom. The van der Waals surface area contributed by atoms with Crippen LogP contribution in [0.3, 0.4) is 0 Å². The van der Waals surface area contributed by atoms with Crippen molar-refractivity contribution in [3.63, 3.8) is 0 Å². The Bertz CT molecular complexity index is 831. The normalized spacial score (nSPS) is 13.0. The molecule has 0 spiro atoms. The molecule has 1 aromatic carbocycles. The number of aromatic nitrogens is 1. The van der Waals surface area contributed by atoms with Crippen LogP contribution in [0.1, 0.15) is 5.56 Å². The average Bonchev–Trinajstić information content (AvgIpc) is 3.25. The fourth-order valence-corrected chi connectivity index (χ4v) is 3.51. The second kappa shape index (κ2) is 5.85. The van der Waals surface area contributed by atoms with Crippen LogP contribution in [0, 0.1) is 0 Å². The molecule has 1 N–H and O–H groups in total. The van der Waals surface area contributed by atoms with Crippen LogP contribution in [0.25, 0.3) is 11.1 Å². The van der Waals surface area contributed by atoms with E-state index in [-0.39, 0.29) is 6.03 Å². The highest BCUT2D eigenvalue weighted by molar-refractivity contribution is 7.08. The number of pyridine rings is 1. The van der Waals surface area contributed by atoms with E-state index < -0.39 is 0 Å². The summed E-state index contributed by atoms with van der Waals surface area (Å²) in [4.78, 5) is 18.3. The first-order valence-electron chi connectivity index (χ1n) is 7.45. The SMILES string of the molecule is O=C(Nc1cccnc1)N1CCc2cc(-c3ccsc3)ccc21. The Morgan fingerprint density at radius 1 is 1.22 bits per heavy atom. The molecule has 0 saturated carbocycles. The van der Waals surface area contributed by atoms with Crippen LogP contribution >= 0.6 is 11.3 Å². The van der Waals surface area contributed by atoms with Crippen molar-refractivity contribution in [2.75, 3.05) is 16.8 Å². The number of nitrogens with zero attached hydrogens (tertiary/aromatic N) is 2. The minimum absolute atomic E-state index is 0.111. The molecule has 2 aromatic heterocycles. The van der Waals surface area contributed by atoms with Gasteiger partial charge in [-0.2, -0.15) is 11.3 Å². The lowest BCUT2D eigenvalue weighted by atomic mass is 10.0. The Balaban J connectivity index is 1.57. The van der Waals surface area contributed by atoms with E-state index >= 15 is 0 Å². The summed E-state index contributed by atoms with van der Waals surface area (Å²) in [7, 11) is 0. The summed E-state index contributed by atoms with van der Waals surface area (Å²) >= 11 is 1.69. The minimum atomic E-state index is -0.111. The van der Waals surface area contributed by atoms with Crippen molar-refractivity contribution >= 4 is 28.7 Å². The van der Waals surface area contributed by atoms with E-state index in [4.69, 9.17) is 0 Å². The summed E-state index contributed by atoms with van der Waals surface area (Å²) in [5.41, 5.74) is 5.36. The molecule has 3 aromatic rings. The minimum Gasteiger partial charge on any atom is -0.306 e. The van der Waals surface area contributed by atoms with Gasteiger partial charge < -0.3 is 5.32 Å². The lowest BCUT2D eigenvalue weighted by molar-refractivity contribution is 0.257. The number of rotatable bonds is 2. The second-order valence-electron chi connectivity index (χ2n) is 5.43. The fraction of sp³-hybridized carbons (Fsp3) is 0.111. The fourth-order valence-electron chi connectivity index (χ4n) is 2.85. The largest absolute Gasteiger partial charge is 0.326 e. The smallest absolute Gasteiger partial charge is 0.306 e. The molecule has 0 unspecified atom stereocenters. The highest BCUT2D eigenvalue weighted by Gasteiger charge is 2.25. The van der Waals surface area contributed by atoms with E-state index in [1.807, 2.05) is 12.1 Å². The third-order valence-electron chi connectivity index (χ3n) is 3.99. The van der Waals surface area contributed by atoms with Crippen molar-refractivity contribution in [3.05, 3.63) is 65.1 Å². The van der Waals surface area contributed by atoms with Crippen LogP contribution in [-0.4, -0.2) is 17.6 Å². The van der Waals surface area contributed by atoms with Crippen LogP contribution in [0.4, 0.5) is 16.2 Å². The predicted molar refractivity (Wildman–Crippen MR) is 94.1 cm³/mol. The van der Waals surface area contributed by atoms with Crippen LogP contribution < -0.4 is 10.2 Å². The quantitative estimate of drug-likeness (QED) is 0.760. The molecule has 2 amide bonds. The topological polar surface area (TPSA) is 45.2 Å². The van der Waals surface area contributed by atoms with Gasteiger partial charge >= 0.3 is 6.03 Å². The van der Waals surface area contributed by atoms with Crippen molar-refractivity contribution < 1.29 is 4.79 Å². The van der Waals surface area contributed by atoms with Gasteiger partial charge in [-0.15, -0.1) is 0 Å². The van der Waals surface area contributed by atoms with Gasteiger partial charge in [-0.3, -0.25) is 9.88 Å². The summed E-state index contributed by atoms with van der Waals surface area (Å²) < 4.78 is 0. The Kier molecular flexibility index (Phi) is 3.55. The molecule has 4 rings (SSSR count). The van der Waals surface area contributed by atoms with E-state index in [1.165, 1.54) is 16.7 Å². The standard InChI is InChI=1S/C18H15N3OS/c22-18(20-16-2-1-7-19-11-16)21-8-5-14-10-13(3-4-17(14)21)15-6-9-23-12-15/h1-4,6-7,9-12H,5,8H2,(H,20,22). The number of amides is 2. The molecule has 1 aliphatic heterocycles. The van der Waals surface area contributed by atoms with Crippen LogP contribution in [0.5, 0.6) is 0 Å². The molecule has 0 fully saturated rings. The first-order valence-corrected chi connectivity index (χ1v) is 8.39. The molecule has 3 heterocycles. The highest BCUT2D eigenvalue weighted by atomic mass is 32.1. The van der Waals surface area contributed by atoms with Gasteiger partial charge in [0.15, 0.2) is 0 Å². The van der Waals surface area contributed by atoms with Gasteiger partial charge in [0.1, 0.15) is 0 Å². The van der Waals surface area contributed by atoms with Gasteiger partial charge in [-0.1, -0.05) is 6.07 Å². The van der Waals surface area contributed by atoms with E-state index in [9.17, 15) is 4.79 Å². The molecule has 0 radical (unpaired) electrons. The average molecular weight is 321 g/mol. The Labute approximate surface area is 138 Å². The zero-order valence-electron chi connectivity index (χ0n) is 12.4. The third kappa shape index (κ3) is 2.71. The first kappa shape index (κ1) is 14.0. The summed E-state index contributed by atoms with van der Waals surface area (Å²) in [6.45, 7) is 0.703. The number of carbonyl (C=O) groups excluding carboxylic acids is 1. The highest BCUT2D eigenvalue weighted by Crippen LogP contribution is 2.33. The Hall–Kier alpha value is -2.66. The van der Waals surface area contributed by atoms with E-state index in [1.54, 1.807) is 34.7 Å². The van der Waals surface area contributed by atoms with E-state index in [0.717, 1.165) is 12.1 Å². The van der Waals surface area contributed by atoms with Crippen LogP contribution in [0.2, 0.25) is 0 Å². The third-order valence-corrected chi connectivity index (χ3v) is 4.67. The molecule has 0 bridgehead atoms. The second-order valence-corrected chi connectivity index (χ2v) is 6.21. The summed E-state index contributed by atoms with van der Waals surface area (Å²) in [5.74, 6) is 0. The monoisotopic (exact) mass is 321 g/mol. The van der Waals surface area contributed by atoms with Gasteiger partial charge in [0.2, 0.25) is 0 Å². The number of thiophene rings is 1. The number of carbonyl (C=O) groups is 1. The van der Waals surface area contributed by atoms with Gasteiger partial charge in [0, 0.05) is 18.4 Å².